The van der Waals surface area contributed by atoms with Crippen molar-refractivity contribution in [3.63, 3.8) is 0 Å². The van der Waals surface area contributed by atoms with Gasteiger partial charge in [0.25, 0.3) is 0 Å². The lowest BCUT2D eigenvalue weighted by atomic mass is 10.0. The third-order valence-electron chi connectivity index (χ3n) is 5.24. The number of carbonyl (C=O) groups excluding carboxylic acids is 2. The normalized spacial score (nSPS) is 20.7. The maximum absolute atomic E-state index is 12.6. The molecule has 0 aromatic heterocycles. The van der Waals surface area contributed by atoms with Gasteiger partial charge in [-0.25, -0.2) is 0 Å². The van der Waals surface area contributed by atoms with E-state index in [9.17, 15) is 9.59 Å². The number of benzene rings is 1. The first-order valence-electron chi connectivity index (χ1n) is 9.67. The van der Waals surface area contributed by atoms with E-state index in [0.29, 0.717) is 17.6 Å². The van der Waals surface area contributed by atoms with E-state index >= 15 is 0 Å². The molecule has 6 nitrogen and oxygen atoms in total. The lowest BCUT2D eigenvalue weighted by Gasteiger charge is -2.44. The molecule has 0 spiro atoms. The van der Waals surface area contributed by atoms with Crippen LogP contribution in [0, 0.1) is 0 Å². The molecule has 2 unspecified atom stereocenters. The highest BCUT2D eigenvalue weighted by Crippen LogP contribution is 2.18. The van der Waals surface area contributed by atoms with Crippen LogP contribution in [0.25, 0.3) is 0 Å². The van der Waals surface area contributed by atoms with Crippen molar-refractivity contribution < 1.29 is 14.3 Å². The van der Waals surface area contributed by atoms with Crippen molar-refractivity contribution in [1.82, 2.24) is 14.7 Å². The first-order chi connectivity index (χ1) is 12.8. The van der Waals surface area contributed by atoms with Crippen LogP contribution in [-0.2, 0) is 4.79 Å². The SMILES string of the molecule is COc1ccc(C(=O)CCC(=O)N2CC(C)N(CCN(C)C)C(C)C2)cc1. The Morgan fingerprint density at radius 1 is 1.07 bits per heavy atom. The summed E-state index contributed by atoms with van der Waals surface area (Å²) in [6.07, 6.45) is 0.511. The van der Waals surface area contributed by atoms with Gasteiger partial charge in [0.15, 0.2) is 5.78 Å². The van der Waals surface area contributed by atoms with E-state index < -0.39 is 0 Å². The topological polar surface area (TPSA) is 53.1 Å². The van der Waals surface area contributed by atoms with E-state index in [0.717, 1.165) is 31.9 Å². The minimum Gasteiger partial charge on any atom is -0.497 e. The molecule has 2 rings (SSSR count). The molecule has 1 aliphatic heterocycles. The number of carbonyl (C=O) groups is 2. The summed E-state index contributed by atoms with van der Waals surface area (Å²) in [7, 11) is 5.75. The number of amides is 1. The molecular formula is C21H33N3O3. The van der Waals surface area contributed by atoms with Crippen LogP contribution in [-0.4, -0.2) is 85.9 Å². The minimum atomic E-state index is -0.00304. The maximum atomic E-state index is 12.6. The second kappa shape index (κ2) is 9.85. The summed E-state index contributed by atoms with van der Waals surface area (Å²) in [5, 5.41) is 0. The molecule has 0 N–H and O–H groups in total. The van der Waals surface area contributed by atoms with E-state index in [2.05, 4.69) is 37.7 Å². The smallest absolute Gasteiger partial charge is 0.223 e. The summed E-state index contributed by atoms with van der Waals surface area (Å²) in [6.45, 7) is 7.83. The van der Waals surface area contributed by atoms with Crippen molar-refractivity contribution >= 4 is 11.7 Å². The van der Waals surface area contributed by atoms with Crippen molar-refractivity contribution in [3.8, 4) is 5.75 Å². The second-order valence-electron chi connectivity index (χ2n) is 7.69. The molecule has 1 aliphatic rings. The van der Waals surface area contributed by atoms with Crippen molar-refractivity contribution in [1.29, 1.82) is 0 Å². The van der Waals surface area contributed by atoms with Crippen LogP contribution in [0.5, 0.6) is 5.75 Å². The fourth-order valence-corrected chi connectivity index (χ4v) is 3.62. The Labute approximate surface area is 163 Å². The Bertz CT molecular complexity index is 618. The van der Waals surface area contributed by atoms with Crippen LogP contribution in [0.3, 0.4) is 0 Å². The van der Waals surface area contributed by atoms with Gasteiger partial charge in [0, 0.05) is 56.7 Å². The highest BCUT2D eigenvalue weighted by molar-refractivity contribution is 5.98. The van der Waals surface area contributed by atoms with Crippen molar-refractivity contribution in [3.05, 3.63) is 29.8 Å². The number of rotatable bonds is 8. The largest absolute Gasteiger partial charge is 0.497 e. The van der Waals surface area contributed by atoms with Crippen LogP contribution >= 0.6 is 0 Å². The molecule has 150 valence electrons. The number of nitrogens with zero attached hydrogens (tertiary/aromatic N) is 3. The predicted molar refractivity (Wildman–Crippen MR) is 107 cm³/mol. The quantitative estimate of drug-likeness (QED) is 0.652. The van der Waals surface area contributed by atoms with E-state index in [4.69, 9.17) is 4.74 Å². The summed E-state index contributed by atoms with van der Waals surface area (Å²) in [5.41, 5.74) is 0.624. The zero-order chi connectivity index (χ0) is 20.0. The molecule has 0 bridgehead atoms. The Balaban J connectivity index is 1.84. The predicted octanol–water partition coefficient (Wildman–Crippen LogP) is 2.14. The fraction of sp³-hybridized carbons (Fsp3) is 0.619. The monoisotopic (exact) mass is 375 g/mol. The standard InChI is InChI=1S/C21H33N3O3/c1-16-14-23(15-17(2)24(16)13-12-22(3)4)21(26)11-10-20(25)18-6-8-19(27-5)9-7-18/h6-9,16-17H,10-15H2,1-5H3. The molecule has 0 radical (unpaired) electrons. The third kappa shape index (κ3) is 6.04. The fourth-order valence-electron chi connectivity index (χ4n) is 3.62. The Hall–Kier alpha value is -1.92. The Morgan fingerprint density at radius 3 is 2.19 bits per heavy atom. The van der Waals surface area contributed by atoms with Crippen molar-refractivity contribution in [2.75, 3.05) is 47.4 Å². The number of ketones is 1. The van der Waals surface area contributed by atoms with Crippen molar-refractivity contribution in [2.45, 2.75) is 38.8 Å². The molecule has 1 aromatic rings. The lowest BCUT2D eigenvalue weighted by Crippen LogP contribution is -2.59. The summed E-state index contributed by atoms with van der Waals surface area (Å²) >= 11 is 0. The number of methoxy groups -OCH3 is 1. The highest BCUT2D eigenvalue weighted by atomic mass is 16.5. The molecule has 1 aromatic carbocycles. The van der Waals surface area contributed by atoms with Gasteiger partial charge >= 0.3 is 0 Å². The number of Topliss-reactive ketones (excluding diaryl/α,β-unsaturated/α-hetero) is 1. The van der Waals surface area contributed by atoms with E-state index in [1.54, 1.807) is 31.4 Å². The van der Waals surface area contributed by atoms with Gasteiger partial charge in [-0.05, 0) is 52.2 Å². The third-order valence-corrected chi connectivity index (χ3v) is 5.24. The second-order valence-corrected chi connectivity index (χ2v) is 7.69. The summed E-state index contributed by atoms with van der Waals surface area (Å²) in [4.78, 5) is 31.5. The molecule has 1 saturated heterocycles. The van der Waals surface area contributed by atoms with E-state index in [1.807, 2.05) is 4.90 Å². The van der Waals surface area contributed by atoms with Gasteiger partial charge in [-0.3, -0.25) is 14.5 Å². The number of hydrogen-bond donors (Lipinski definition) is 0. The molecular weight excluding hydrogens is 342 g/mol. The first kappa shape index (κ1) is 21.4. The summed E-state index contributed by atoms with van der Waals surface area (Å²) in [5.74, 6) is 0.789. The molecule has 1 heterocycles. The van der Waals surface area contributed by atoms with Crippen molar-refractivity contribution in [2.24, 2.45) is 0 Å². The van der Waals surface area contributed by atoms with Gasteiger partial charge < -0.3 is 14.5 Å². The lowest BCUT2D eigenvalue weighted by molar-refractivity contribution is -0.135. The number of likely N-dealkylation sites (N-methyl/N-ethyl adjacent to an activating group) is 1. The molecule has 1 amide bonds. The van der Waals surface area contributed by atoms with Crippen LogP contribution in [0.4, 0.5) is 0 Å². The molecule has 0 saturated carbocycles. The highest BCUT2D eigenvalue weighted by Gasteiger charge is 2.31. The van der Waals surface area contributed by atoms with E-state index in [-0.39, 0.29) is 24.5 Å². The molecule has 27 heavy (non-hydrogen) atoms. The van der Waals surface area contributed by atoms with Gasteiger partial charge in [-0.15, -0.1) is 0 Å². The van der Waals surface area contributed by atoms with Crippen LogP contribution in [0.1, 0.15) is 37.0 Å². The van der Waals surface area contributed by atoms with Gasteiger partial charge in [-0.1, -0.05) is 0 Å². The Kier molecular flexibility index (Phi) is 7.80. The average molecular weight is 376 g/mol. The number of hydrogen-bond acceptors (Lipinski definition) is 5. The number of ether oxygens (including phenoxy) is 1. The molecule has 2 atom stereocenters. The van der Waals surface area contributed by atoms with Crippen LogP contribution in [0.2, 0.25) is 0 Å². The maximum Gasteiger partial charge on any atom is 0.223 e. The van der Waals surface area contributed by atoms with Gasteiger partial charge in [-0.2, -0.15) is 0 Å². The molecule has 6 heteroatoms. The molecule has 0 aliphatic carbocycles. The average Bonchev–Trinajstić information content (AvgIpc) is 2.64. The van der Waals surface area contributed by atoms with Crippen LogP contribution in [0.15, 0.2) is 24.3 Å². The zero-order valence-corrected chi connectivity index (χ0v) is 17.3. The van der Waals surface area contributed by atoms with Gasteiger partial charge in [0.2, 0.25) is 5.91 Å². The van der Waals surface area contributed by atoms with Gasteiger partial charge in [0.1, 0.15) is 5.75 Å². The van der Waals surface area contributed by atoms with E-state index in [1.165, 1.54) is 0 Å². The van der Waals surface area contributed by atoms with Crippen LogP contribution < -0.4 is 4.74 Å². The number of piperazine rings is 1. The zero-order valence-electron chi connectivity index (χ0n) is 17.3. The minimum absolute atomic E-state index is 0.00304. The Morgan fingerprint density at radius 2 is 1.67 bits per heavy atom. The summed E-state index contributed by atoms with van der Waals surface area (Å²) in [6, 6.07) is 7.69. The summed E-state index contributed by atoms with van der Waals surface area (Å²) < 4.78 is 5.11. The van der Waals surface area contributed by atoms with Gasteiger partial charge in [0.05, 0.1) is 7.11 Å². The first-order valence-corrected chi connectivity index (χ1v) is 9.67. The molecule has 1 fully saturated rings.